The quantitative estimate of drug-likeness (QED) is 0.302. The molecule has 2 rings (SSSR count). The van der Waals surface area contributed by atoms with Gasteiger partial charge in [0.05, 0.1) is 18.0 Å². The van der Waals surface area contributed by atoms with E-state index in [1.165, 1.54) is 36.8 Å². The van der Waals surface area contributed by atoms with Gasteiger partial charge in [0.1, 0.15) is 16.7 Å². The van der Waals surface area contributed by atoms with Crippen LogP contribution in [-0.4, -0.2) is 70.7 Å². The third-order valence-electron chi connectivity index (χ3n) is 4.31. The number of halogens is 3. The van der Waals surface area contributed by atoms with Gasteiger partial charge in [-0.1, -0.05) is 25.4 Å². The summed E-state index contributed by atoms with van der Waals surface area (Å²) in [4.78, 5) is 24.5. The van der Waals surface area contributed by atoms with E-state index >= 15 is 0 Å². The largest absolute Gasteiger partial charge is 0.451 e. The average molecular weight is 535 g/mol. The predicted octanol–water partition coefficient (Wildman–Crippen LogP) is 2.94. The number of carbonyl (C=O) groups excluding carboxylic acids is 2. The highest BCUT2D eigenvalue weighted by atomic mass is 35.5. The van der Waals surface area contributed by atoms with Crippen molar-refractivity contribution in [3.8, 4) is 11.5 Å². The second-order valence-corrected chi connectivity index (χ2v) is 8.75. The molecule has 35 heavy (non-hydrogen) atoms. The molecule has 2 amide bonds. The van der Waals surface area contributed by atoms with E-state index in [0.717, 1.165) is 16.4 Å². The Hall–Kier alpha value is -2.64. The molecule has 0 aliphatic carbocycles. The number of carbonyl (C=O) groups is 2. The number of benzene rings is 2. The molecule has 2 aromatic rings. The van der Waals surface area contributed by atoms with Crippen molar-refractivity contribution >= 4 is 34.4 Å². The Labute approximate surface area is 210 Å². The third-order valence-corrected chi connectivity index (χ3v) is 5.98. The Morgan fingerprint density at radius 2 is 1.63 bits per heavy atom. The predicted molar refractivity (Wildman–Crippen MR) is 129 cm³/mol. The first-order valence-electron chi connectivity index (χ1n) is 10.6. The molecule has 0 radical (unpaired) electrons. The number of ether oxygens (including phenoxy) is 1. The molecule has 0 spiro atoms. The van der Waals surface area contributed by atoms with E-state index in [2.05, 4.69) is 5.32 Å². The number of nitrogens with zero attached hydrogens (tertiary/aromatic N) is 2. The van der Waals surface area contributed by atoms with E-state index < -0.39 is 40.8 Å². The van der Waals surface area contributed by atoms with Crippen LogP contribution < -0.4 is 15.5 Å². The van der Waals surface area contributed by atoms with Crippen LogP contribution in [0.4, 0.5) is 8.78 Å². The van der Waals surface area contributed by atoms with E-state index in [4.69, 9.17) is 21.5 Å². The highest BCUT2D eigenvalue weighted by Gasteiger charge is 2.23. The summed E-state index contributed by atoms with van der Waals surface area (Å²) in [6.45, 7) is 3.70. The maximum absolute atomic E-state index is 14.6. The number of hydrogen-bond donors (Lipinski definition) is 3. The fraction of sp³-hybridized carbons (Fsp3) is 0.364. The van der Waals surface area contributed by atoms with Crippen LogP contribution in [0, 0.1) is 11.6 Å². The zero-order chi connectivity index (χ0) is 26.5. The van der Waals surface area contributed by atoms with Gasteiger partial charge >= 0.3 is 0 Å². The summed E-state index contributed by atoms with van der Waals surface area (Å²) in [5.41, 5.74) is 1.42. The number of rotatable bonds is 11. The van der Waals surface area contributed by atoms with Gasteiger partial charge in [-0.05, 0) is 43.4 Å². The van der Waals surface area contributed by atoms with Gasteiger partial charge in [0.2, 0.25) is 5.91 Å². The van der Waals surface area contributed by atoms with Crippen molar-refractivity contribution in [2.24, 2.45) is 0 Å². The van der Waals surface area contributed by atoms with Crippen molar-refractivity contribution in [2.45, 2.75) is 18.7 Å². The maximum atomic E-state index is 14.6. The molecule has 0 heterocycles. The van der Waals surface area contributed by atoms with Gasteiger partial charge in [-0.15, -0.1) is 0 Å². The molecule has 0 bridgehead atoms. The average Bonchev–Trinajstić information content (AvgIpc) is 2.85. The lowest BCUT2D eigenvalue weighted by Crippen LogP contribution is -2.42. The molecule has 0 aliphatic heterocycles. The fourth-order valence-electron chi connectivity index (χ4n) is 2.61. The molecule has 9 nitrogen and oxygen atoms in total. The molecule has 0 saturated carbocycles. The topological polar surface area (TPSA) is 111 Å². The Morgan fingerprint density at radius 3 is 2.14 bits per heavy atom. The summed E-state index contributed by atoms with van der Waals surface area (Å²) >= 11 is 5.78. The van der Waals surface area contributed by atoms with Crippen molar-refractivity contribution in [3.05, 3.63) is 53.1 Å². The van der Waals surface area contributed by atoms with Crippen molar-refractivity contribution < 1.29 is 32.5 Å². The Bertz CT molecular complexity index is 991. The molecule has 1 atom stereocenters. The van der Waals surface area contributed by atoms with Crippen LogP contribution in [0.25, 0.3) is 0 Å². The monoisotopic (exact) mass is 534 g/mol. The smallest absolute Gasteiger partial charge is 0.258 e. The highest BCUT2D eigenvalue weighted by molar-refractivity contribution is 7.82. The van der Waals surface area contributed by atoms with E-state index in [9.17, 15) is 22.6 Å². The SMILES string of the molecule is CC.CNC(=O)CN(C)CCN(CC(=O)NO)S(=O)c1cc(F)c(Oc2ccc(Cl)cc2)c(F)c1. The van der Waals surface area contributed by atoms with Gasteiger partial charge in [-0.25, -0.2) is 22.8 Å². The van der Waals surface area contributed by atoms with Crippen molar-refractivity contribution in [3.63, 3.8) is 0 Å². The van der Waals surface area contributed by atoms with Crippen LogP contribution >= 0.6 is 11.6 Å². The molecule has 3 N–H and O–H groups in total. The van der Waals surface area contributed by atoms with E-state index in [0.29, 0.717) is 5.02 Å². The van der Waals surface area contributed by atoms with Crippen LogP contribution in [0.2, 0.25) is 5.02 Å². The minimum absolute atomic E-state index is 0.0141. The van der Waals surface area contributed by atoms with Crippen LogP contribution in [-0.2, 0) is 20.6 Å². The van der Waals surface area contributed by atoms with Gasteiger partial charge in [0.15, 0.2) is 17.4 Å². The van der Waals surface area contributed by atoms with Gasteiger partial charge in [-0.2, -0.15) is 0 Å². The first-order chi connectivity index (χ1) is 16.6. The standard InChI is InChI=1S/C20H23ClF2N4O5S.C2H6/c1-24-18(28)11-26(2)7-8-27(12-19(29)25-30)33(31)15-9-16(22)20(17(23)10-15)32-14-5-3-13(21)4-6-14;1-2/h3-6,9-10,30H,7-8,11-12H2,1-2H3,(H,24,28)(H,25,29);1-2H3. The zero-order valence-corrected chi connectivity index (χ0v) is 21.4. The Balaban J connectivity index is 0.00000298. The van der Waals surface area contributed by atoms with Crippen LogP contribution in [0.5, 0.6) is 11.5 Å². The Morgan fingerprint density at radius 1 is 1.06 bits per heavy atom. The lowest BCUT2D eigenvalue weighted by Gasteiger charge is -2.23. The number of likely N-dealkylation sites (N-methyl/N-ethyl adjacent to an activating group) is 2. The minimum Gasteiger partial charge on any atom is -0.451 e. The first-order valence-corrected chi connectivity index (χ1v) is 12.0. The number of nitrogens with one attached hydrogen (secondary N) is 2. The Kier molecular flexibility index (Phi) is 13.3. The molecule has 1 unspecified atom stereocenters. The maximum Gasteiger partial charge on any atom is 0.258 e. The summed E-state index contributed by atoms with van der Waals surface area (Å²) in [6, 6.07) is 7.50. The van der Waals surface area contributed by atoms with Crippen LogP contribution in [0.1, 0.15) is 13.8 Å². The van der Waals surface area contributed by atoms with Crippen molar-refractivity contribution in [1.29, 1.82) is 0 Å². The van der Waals surface area contributed by atoms with Gasteiger partial charge in [-0.3, -0.25) is 19.7 Å². The molecule has 0 aliphatic rings. The second-order valence-electron chi connectivity index (χ2n) is 6.83. The van der Waals surface area contributed by atoms with E-state index in [1.807, 2.05) is 13.8 Å². The highest BCUT2D eigenvalue weighted by Crippen LogP contribution is 2.30. The zero-order valence-electron chi connectivity index (χ0n) is 19.8. The molecule has 0 fully saturated rings. The summed E-state index contributed by atoms with van der Waals surface area (Å²) in [5.74, 6) is -3.87. The molecular formula is C22H29ClF2N4O5S. The van der Waals surface area contributed by atoms with Gasteiger partial charge in [0.25, 0.3) is 5.91 Å². The minimum atomic E-state index is -2.17. The van der Waals surface area contributed by atoms with Crippen molar-refractivity contribution in [1.82, 2.24) is 20.0 Å². The summed E-state index contributed by atoms with van der Waals surface area (Å²) < 4.78 is 48.5. The molecule has 13 heteroatoms. The number of hydrogen-bond acceptors (Lipinski definition) is 6. The van der Waals surface area contributed by atoms with E-state index in [-0.39, 0.29) is 36.2 Å². The van der Waals surface area contributed by atoms with E-state index in [1.54, 1.807) is 11.9 Å². The molecule has 0 aromatic heterocycles. The van der Waals surface area contributed by atoms with Gasteiger partial charge < -0.3 is 10.1 Å². The van der Waals surface area contributed by atoms with Crippen LogP contribution in [0.3, 0.4) is 0 Å². The summed E-state index contributed by atoms with van der Waals surface area (Å²) in [7, 11) is 0.937. The third kappa shape index (κ3) is 9.86. The molecule has 2 aromatic carbocycles. The molecular weight excluding hydrogens is 506 g/mol. The van der Waals surface area contributed by atoms with Gasteiger partial charge in [0, 0.05) is 25.2 Å². The first kappa shape index (κ1) is 30.4. The number of amides is 2. The van der Waals surface area contributed by atoms with Crippen LogP contribution in [0.15, 0.2) is 41.3 Å². The summed E-state index contributed by atoms with van der Waals surface area (Å²) in [5, 5.41) is 11.7. The van der Waals surface area contributed by atoms with Crippen molar-refractivity contribution in [2.75, 3.05) is 40.3 Å². The fourth-order valence-corrected chi connectivity index (χ4v) is 3.92. The lowest BCUT2D eigenvalue weighted by atomic mass is 10.3. The number of hydroxylamine groups is 1. The summed E-state index contributed by atoms with van der Waals surface area (Å²) in [6.07, 6.45) is 0. The molecule has 194 valence electrons. The normalized spacial score (nSPS) is 11.5. The molecule has 0 saturated heterocycles. The lowest BCUT2D eigenvalue weighted by molar-refractivity contribution is -0.129. The second kappa shape index (κ2) is 15.4.